The van der Waals surface area contributed by atoms with Gasteiger partial charge >= 0.3 is 0 Å². The molecule has 2 heterocycles. The number of hydrogen-bond acceptors (Lipinski definition) is 5. The number of carbonyl (C=O) groups excluding carboxylic acids is 1. The lowest BCUT2D eigenvalue weighted by Crippen LogP contribution is -2.29. The van der Waals surface area contributed by atoms with Crippen LogP contribution in [0, 0.1) is 0 Å². The molecule has 3 aromatic rings. The zero-order chi connectivity index (χ0) is 23.9. The molecule has 0 bridgehead atoms. The quantitative estimate of drug-likeness (QED) is 0.179. The van der Waals surface area contributed by atoms with Crippen molar-refractivity contribution in [2.24, 2.45) is 0 Å². The fraction of sp³-hybridized carbons (Fsp3) is 0.296. The molecule has 1 amide bonds. The molecular weight excluding hydrogens is 462 g/mol. The third-order valence-corrected chi connectivity index (χ3v) is 7.13. The molecule has 1 aliphatic rings. The molecule has 0 aliphatic carbocycles. The van der Waals surface area contributed by atoms with E-state index in [9.17, 15) is 4.79 Å². The van der Waals surface area contributed by atoms with Crippen LogP contribution in [0.2, 0.25) is 0 Å². The second kappa shape index (κ2) is 11.5. The zero-order valence-corrected chi connectivity index (χ0v) is 21.2. The normalized spacial score (nSPS) is 14.9. The van der Waals surface area contributed by atoms with Gasteiger partial charge in [0, 0.05) is 23.9 Å². The van der Waals surface area contributed by atoms with Crippen molar-refractivity contribution < 1.29 is 9.53 Å². The van der Waals surface area contributed by atoms with Gasteiger partial charge in [-0.15, -0.1) is 0 Å². The van der Waals surface area contributed by atoms with E-state index in [0.717, 1.165) is 41.1 Å². The first kappa shape index (κ1) is 24.2. The first-order valence-corrected chi connectivity index (χ1v) is 12.9. The standard InChI is InChI=1S/C27H29N3O2S2/c1-3-4-5-6-10-16-29-26(31)24(34-27(29)33)18-21-19-30(22-13-8-7-9-14-22)28-25(21)20-12-11-15-23(17-20)32-2/h7-9,11-15,17-19H,3-6,10,16H2,1-2H3/b24-18-. The molecule has 1 aromatic heterocycles. The number of para-hydroxylation sites is 1. The van der Waals surface area contributed by atoms with Crippen LogP contribution in [0.1, 0.15) is 44.6 Å². The molecule has 0 spiro atoms. The molecule has 0 radical (unpaired) electrons. The average molecular weight is 492 g/mol. The lowest BCUT2D eigenvalue weighted by Gasteiger charge is -2.13. The van der Waals surface area contributed by atoms with Crippen LogP contribution in [0.3, 0.4) is 0 Å². The number of thiocarbonyl (C=S) groups is 1. The number of benzene rings is 2. The van der Waals surface area contributed by atoms with E-state index in [-0.39, 0.29) is 5.91 Å². The van der Waals surface area contributed by atoms with Crippen molar-refractivity contribution in [3.05, 3.63) is 71.3 Å². The van der Waals surface area contributed by atoms with E-state index >= 15 is 0 Å². The Labute approximate surface area is 210 Å². The maximum Gasteiger partial charge on any atom is 0.266 e. The molecule has 1 aliphatic heterocycles. The molecule has 34 heavy (non-hydrogen) atoms. The van der Waals surface area contributed by atoms with Crippen LogP contribution in [0.5, 0.6) is 5.75 Å². The highest BCUT2D eigenvalue weighted by molar-refractivity contribution is 8.26. The number of ether oxygens (including phenoxy) is 1. The van der Waals surface area contributed by atoms with Crippen molar-refractivity contribution in [3.63, 3.8) is 0 Å². The largest absolute Gasteiger partial charge is 0.497 e. The summed E-state index contributed by atoms with van der Waals surface area (Å²) in [5.41, 5.74) is 3.52. The van der Waals surface area contributed by atoms with E-state index in [0.29, 0.717) is 15.8 Å². The summed E-state index contributed by atoms with van der Waals surface area (Å²) >= 11 is 6.91. The number of aromatic nitrogens is 2. The Morgan fingerprint density at radius 1 is 1.06 bits per heavy atom. The Hall–Kier alpha value is -2.90. The maximum absolute atomic E-state index is 13.2. The average Bonchev–Trinajstić information content (AvgIpc) is 3.40. The van der Waals surface area contributed by atoms with Crippen molar-refractivity contribution >= 4 is 40.3 Å². The highest BCUT2D eigenvalue weighted by Crippen LogP contribution is 2.35. The fourth-order valence-electron chi connectivity index (χ4n) is 3.91. The van der Waals surface area contributed by atoms with Crippen molar-refractivity contribution in [2.75, 3.05) is 13.7 Å². The highest BCUT2D eigenvalue weighted by atomic mass is 32.2. The minimum Gasteiger partial charge on any atom is -0.497 e. The molecule has 2 aromatic carbocycles. The summed E-state index contributed by atoms with van der Waals surface area (Å²) in [6.07, 6.45) is 9.60. The van der Waals surface area contributed by atoms with Crippen molar-refractivity contribution in [2.45, 2.75) is 39.0 Å². The molecule has 0 saturated carbocycles. The minimum atomic E-state index is -0.0189. The molecular formula is C27H29N3O2S2. The Balaban J connectivity index is 1.64. The van der Waals surface area contributed by atoms with Crippen LogP contribution in [-0.4, -0.2) is 38.6 Å². The van der Waals surface area contributed by atoms with Crippen molar-refractivity contribution in [3.8, 4) is 22.7 Å². The summed E-state index contributed by atoms with van der Waals surface area (Å²) in [4.78, 5) is 15.5. The number of hydrogen-bond donors (Lipinski definition) is 0. The molecule has 176 valence electrons. The molecule has 0 unspecified atom stereocenters. The summed E-state index contributed by atoms with van der Waals surface area (Å²) in [6.45, 7) is 2.88. The van der Waals surface area contributed by atoms with Gasteiger partial charge in [0.05, 0.1) is 17.7 Å². The van der Waals surface area contributed by atoms with E-state index in [4.69, 9.17) is 22.1 Å². The van der Waals surface area contributed by atoms with Gasteiger partial charge in [-0.3, -0.25) is 9.69 Å². The number of methoxy groups -OCH3 is 1. The SMILES string of the molecule is CCCCCCCN1C(=O)/C(=C/c2cn(-c3ccccc3)nc2-c2cccc(OC)c2)SC1=S. The van der Waals surface area contributed by atoms with Gasteiger partial charge in [0.2, 0.25) is 0 Å². The van der Waals surface area contributed by atoms with E-state index < -0.39 is 0 Å². The van der Waals surface area contributed by atoms with Crippen LogP contribution in [0.4, 0.5) is 0 Å². The van der Waals surface area contributed by atoms with Gasteiger partial charge in [-0.25, -0.2) is 4.68 Å². The molecule has 1 fully saturated rings. The Bertz CT molecular complexity index is 1190. The number of thioether (sulfide) groups is 1. The summed E-state index contributed by atoms with van der Waals surface area (Å²) < 4.78 is 7.89. The number of unbranched alkanes of at least 4 members (excludes halogenated alkanes) is 4. The summed E-state index contributed by atoms with van der Waals surface area (Å²) in [7, 11) is 1.65. The van der Waals surface area contributed by atoms with Gasteiger partial charge in [-0.2, -0.15) is 5.10 Å². The minimum absolute atomic E-state index is 0.0189. The highest BCUT2D eigenvalue weighted by Gasteiger charge is 2.32. The summed E-state index contributed by atoms with van der Waals surface area (Å²) in [6, 6.07) is 17.7. The first-order chi connectivity index (χ1) is 16.6. The topological polar surface area (TPSA) is 47.4 Å². The third-order valence-electron chi connectivity index (χ3n) is 5.75. The Morgan fingerprint density at radius 2 is 1.85 bits per heavy atom. The molecule has 0 atom stereocenters. The van der Waals surface area contributed by atoms with Gasteiger partial charge in [0.15, 0.2) is 0 Å². The lowest BCUT2D eigenvalue weighted by molar-refractivity contribution is -0.122. The number of carbonyl (C=O) groups is 1. The fourth-order valence-corrected chi connectivity index (χ4v) is 5.21. The van der Waals surface area contributed by atoms with E-state index in [2.05, 4.69) is 6.92 Å². The van der Waals surface area contributed by atoms with Gasteiger partial charge in [-0.1, -0.05) is 86.9 Å². The van der Waals surface area contributed by atoms with E-state index in [1.807, 2.05) is 71.6 Å². The van der Waals surface area contributed by atoms with Gasteiger partial charge in [0.25, 0.3) is 5.91 Å². The van der Waals surface area contributed by atoms with Crippen LogP contribution in [-0.2, 0) is 4.79 Å². The van der Waals surface area contributed by atoms with Crippen molar-refractivity contribution in [1.82, 2.24) is 14.7 Å². The first-order valence-electron chi connectivity index (χ1n) is 11.7. The van der Waals surface area contributed by atoms with Crippen LogP contribution in [0.25, 0.3) is 23.0 Å². The predicted octanol–water partition coefficient (Wildman–Crippen LogP) is 6.72. The van der Waals surface area contributed by atoms with Crippen LogP contribution in [0.15, 0.2) is 65.7 Å². The zero-order valence-electron chi connectivity index (χ0n) is 19.6. The van der Waals surface area contributed by atoms with Gasteiger partial charge in [-0.05, 0) is 36.8 Å². The number of rotatable bonds is 10. The monoisotopic (exact) mass is 491 g/mol. The molecule has 1 saturated heterocycles. The number of amides is 1. The lowest BCUT2D eigenvalue weighted by atomic mass is 10.1. The predicted molar refractivity (Wildman–Crippen MR) is 144 cm³/mol. The molecule has 0 N–H and O–H groups in total. The molecule has 5 nitrogen and oxygen atoms in total. The second-order valence-electron chi connectivity index (χ2n) is 8.19. The molecule has 7 heteroatoms. The summed E-state index contributed by atoms with van der Waals surface area (Å²) in [5, 5.41) is 4.86. The van der Waals surface area contributed by atoms with Gasteiger partial charge in [0.1, 0.15) is 15.8 Å². The third kappa shape index (κ3) is 5.59. The second-order valence-corrected chi connectivity index (χ2v) is 9.87. The summed E-state index contributed by atoms with van der Waals surface area (Å²) in [5.74, 6) is 0.738. The van der Waals surface area contributed by atoms with Crippen molar-refractivity contribution in [1.29, 1.82) is 0 Å². The maximum atomic E-state index is 13.2. The Kier molecular flexibility index (Phi) is 8.19. The molecule has 4 rings (SSSR count). The van der Waals surface area contributed by atoms with Crippen LogP contribution < -0.4 is 4.74 Å². The Morgan fingerprint density at radius 3 is 2.62 bits per heavy atom. The van der Waals surface area contributed by atoms with E-state index in [1.54, 1.807) is 12.0 Å². The van der Waals surface area contributed by atoms with Gasteiger partial charge < -0.3 is 4.74 Å². The van der Waals surface area contributed by atoms with Crippen LogP contribution >= 0.6 is 24.0 Å². The number of nitrogens with zero attached hydrogens (tertiary/aromatic N) is 3. The smallest absolute Gasteiger partial charge is 0.266 e. The van der Waals surface area contributed by atoms with E-state index in [1.165, 1.54) is 31.0 Å².